The Morgan fingerprint density at radius 3 is 2.62 bits per heavy atom. The number of amides is 2. The van der Waals surface area contributed by atoms with Crippen molar-refractivity contribution < 1.29 is 27.4 Å². The molecule has 0 aromatic heterocycles. The van der Waals surface area contributed by atoms with Gasteiger partial charge in [-0.1, -0.05) is 6.07 Å². The average Bonchev–Trinajstić information content (AvgIpc) is 2.93. The molecule has 156 valence electrons. The van der Waals surface area contributed by atoms with E-state index in [0.717, 1.165) is 6.26 Å². The van der Waals surface area contributed by atoms with Gasteiger partial charge in [-0.3, -0.25) is 0 Å². The van der Waals surface area contributed by atoms with Gasteiger partial charge in [-0.2, -0.15) is 0 Å². The minimum atomic E-state index is -3.26. The third-order valence-electron chi connectivity index (χ3n) is 4.40. The van der Waals surface area contributed by atoms with Crippen LogP contribution in [-0.4, -0.2) is 65.1 Å². The lowest BCUT2D eigenvalue weighted by molar-refractivity contribution is 0.0718. The van der Waals surface area contributed by atoms with Crippen LogP contribution in [0.25, 0.3) is 0 Å². The molecule has 0 spiro atoms. The highest BCUT2D eigenvalue weighted by atomic mass is 32.2. The van der Waals surface area contributed by atoms with Crippen molar-refractivity contribution in [2.45, 2.75) is 11.0 Å². The summed E-state index contributed by atoms with van der Waals surface area (Å²) < 4.78 is 39.8. The number of ether oxygens (including phenoxy) is 3. The van der Waals surface area contributed by atoms with Crippen LogP contribution in [-0.2, 0) is 14.6 Å². The molecule has 9 heteroatoms. The van der Waals surface area contributed by atoms with Crippen molar-refractivity contribution in [3.05, 3.63) is 48.5 Å². The Bertz CT molecular complexity index is 946. The molecule has 3 rings (SSSR count). The minimum Gasteiger partial charge on any atom is -0.497 e. The Balaban J connectivity index is 1.63. The van der Waals surface area contributed by atoms with Gasteiger partial charge < -0.3 is 24.4 Å². The largest absolute Gasteiger partial charge is 0.497 e. The van der Waals surface area contributed by atoms with Crippen LogP contribution in [0, 0.1) is 0 Å². The summed E-state index contributed by atoms with van der Waals surface area (Å²) in [7, 11) is -1.70. The fraction of sp³-hybridized carbons (Fsp3) is 0.350. The first-order valence-corrected chi connectivity index (χ1v) is 11.0. The highest BCUT2D eigenvalue weighted by Crippen LogP contribution is 2.20. The molecular weight excluding hydrogens is 396 g/mol. The van der Waals surface area contributed by atoms with Crippen LogP contribution in [0.4, 0.5) is 10.5 Å². The minimum absolute atomic E-state index is 0.223. The zero-order valence-corrected chi connectivity index (χ0v) is 17.1. The van der Waals surface area contributed by atoms with E-state index < -0.39 is 9.84 Å². The number of anilines is 1. The molecule has 29 heavy (non-hydrogen) atoms. The molecule has 2 aromatic carbocycles. The number of nitrogens with one attached hydrogen (secondary N) is 1. The fourth-order valence-corrected chi connectivity index (χ4v) is 3.53. The van der Waals surface area contributed by atoms with Gasteiger partial charge in [0.1, 0.15) is 17.6 Å². The highest BCUT2D eigenvalue weighted by molar-refractivity contribution is 7.90. The number of nitrogens with zero attached hydrogens (tertiary/aromatic N) is 1. The smallest absolute Gasteiger partial charge is 0.322 e. The molecule has 2 aromatic rings. The van der Waals surface area contributed by atoms with Crippen LogP contribution in [0.15, 0.2) is 53.4 Å². The Morgan fingerprint density at radius 2 is 1.93 bits per heavy atom. The lowest BCUT2D eigenvalue weighted by atomic mass is 10.3. The van der Waals surface area contributed by atoms with E-state index in [1.54, 1.807) is 48.4 Å². The average molecular weight is 420 g/mol. The third kappa shape index (κ3) is 5.85. The molecule has 0 unspecified atom stereocenters. The maximum atomic E-state index is 12.7. The molecule has 0 bridgehead atoms. The molecule has 1 fully saturated rings. The maximum absolute atomic E-state index is 12.7. The predicted molar refractivity (Wildman–Crippen MR) is 108 cm³/mol. The molecule has 2 amide bonds. The number of hydrogen-bond donors (Lipinski definition) is 1. The molecule has 0 radical (unpaired) electrons. The number of methoxy groups -OCH3 is 1. The second kappa shape index (κ2) is 9.15. The van der Waals surface area contributed by atoms with Crippen molar-refractivity contribution in [3.63, 3.8) is 0 Å². The van der Waals surface area contributed by atoms with E-state index >= 15 is 0 Å². The number of urea groups is 1. The molecule has 1 aliphatic rings. The van der Waals surface area contributed by atoms with Gasteiger partial charge in [-0.15, -0.1) is 0 Å². The van der Waals surface area contributed by atoms with Gasteiger partial charge >= 0.3 is 6.03 Å². The van der Waals surface area contributed by atoms with Gasteiger partial charge in [0.2, 0.25) is 0 Å². The van der Waals surface area contributed by atoms with Gasteiger partial charge in [0.15, 0.2) is 9.84 Å². The topological polar surface area (TPSA) is 94.2 Å². The van der Waals surface area contributed by atoms with E-state index in [2.05, 4.69) is 5.32 Å². The zero-order chi connectivity index (χ0) is 20.9. The third-order valence-corrected chi connectivity index (χ3v) is 5.52. The molecule has 0 aliphatic carbocycles. The first-order valence-electron chi connectivity index (χ1n) is 9.09. The number of rotatable bonds is 5. The van der Waals surface area contributed by atoms with Crippen LogP contribution in [0.1, 0.15) is 0 Å². The van der Waals surface area contributed by atoms with Crippen LogP contribution >= 0.6 is 0 Å². The fourth-order valence-electron chi connectivity index (χ4n) is 2.90. The van der Waals surface area contributed by atoms with Gasteiger partial charge in [-0.25, -0.2) is 13.2 Å². The molecule has 8 nitrogen and oxygen atoms in total. The number of carbonyl (C=O) groups excluding carboxylic acids is 1. The molecule has 1 atom stereocenters. The van der Waals surface area contributed by atoms with Crippen molar-refractivity contribution >= 4 is 21.6 Å². The number of hydrogen-bond acceptors (Lipinski definition) is 6. The summed E-state index contributed by atoms with van der Waals surface area (Å²) in [5.74, 6) is 1.17. The van der Waals surface area contributed by atoms with Crippen LogP contribution in [0.5, 0.6) is 11.5 Å². The summed E-state index contributed by atoms with van der Waals surface area (Å²) in [4.78, 5) is 14.5. The maximum Gasteiger partial charge on any atom is 0.322 e. The second-order valence-corrected chi connectivity index (χ2v) is 8.68. The highest BCUT2D eigenvalue weighted by Gasteiger charge is 2.24. The van der Waals surface area contributed by atoms with Crippen LogP contribution in [0.2, 0.25) is 0 Å². The predicted octanol–water partition coefficient (Wildman–Crippen LogP) is 2.41. The zero-order valence-electron chi connectivity index (χ0n) is 16.3. The summed E-state index contributed by atoms with van der Waals surface area (Å²) in [6.07, 6.45) is 0.776. The lowest BCUT2D eigenvalue weighted by Crippen LogP contribution is -2.42. The summed E-state index contributed by atoms with van der Waals surface area (Å²) >= 11 is 0. The van der Waals surface area contributed by atoms with Crippen molar-refractivity contribution in [1.82, 2.24) is 4.90 Å². The van der Waals surface area contributed by atoms with Crippen LogP contribution in [0.3, 0.4) is 0 Å². The molecule has 1 heterocycles. The molecule has 1 saturated heterocycles. The molecule has 0 saturated carbocycles. The Kier molecular flexibility index (Phi) is 6.60. The lowest BCUT2D eigenvalue weighted by Gasteiger charge is -2.24. The van der Waals surface area contributed by atoms with Gasteiger partial charge in [-0.05, 0) is 36.4 Å². The van der Waals surface area contributed by atoms with E-state index in [1.165, 1.54) is 12.1 Å². The summed E-state index contributed by atoms with van der Waals surface area (Å²) in [6, 6.07) is 13.1. The number of benzene rings is 2. The Labute approximate surface area is 170 Å². The standard InChI is InChI=1S/C20H24N2O6S/c1-26-17-5-3-4-15(12-17)21-20(23)22-10-11-27-14-18(13-22)28-16-6-8-19(9-7-16)29(2,24)25/h3-9,12,18H,10-11,13-14H2,1-2H3,(H,21,23)/t18-/m1/s1. The normalized spacial score (nSPS) is 17.3. The van der Waals surface area contributed by atoms with Crippen molar-refractivity contribution in [2.24, 2.45) is 0 Å². The quantitative estimate of drug-likeness (QED) is 0.798. The van der Waals surface area contributed by atoms with E-state index in [1.807, 2.05) is 0 Å². The number of sulfone groups is 1. The Morgan fingerprint density at radius 1 is 1.17 bits per heavy atom. The van der Waals surface area contributed by atoms with E-state index in [4.69, 9.17) is 14.2 Å². The van der Waals surface area contributed by atoms with E-state index in [9.17, 15) is 13.2 Å². The van der Waals surface area contributed by atoms with Gasteiger partial charge in [0.25, 0.3) is 0 Å². The summed E-state index contributed by atoms with van der Waals surface area (Å²) in [5.41, 5.74) is 0.633. The van der Waals surface area contributed by atoms with Gasteiger partial charge in [0.05, 0.1) is 31.8 Å². The second-order valence-electron chi connectivity index (χ2n) is 6.67. The molecular formula is C20H24N2O6S. The van der Waals surface area contributed by atoms with Gasteiger partial charge in [0, 0.05) is 24.6 Å². The molecule has 1 aliphatic heterocycles. The van der Waals surface area contributed by atoms with Crippen LogP contribution < -0.4 is 14.8 Å². The molecule has 1 N–H and O–H groups in total. The summed E-state index contributed by atoms with van der Waals surface area (Å²) in [6.45, 7) is 1.50. The SMILES string of the molecule is COc1cccc(NC(=O)N2CCOC[C@H](Oc3ccc(S(C)(=O)=O)cc3)C2)c1. The first-order chi connectivity index (χ1) is 13.8. The Hall–Kier alpha value is -2.78. The first kappa shape index (κ1) is 20.9. The summed E-state index contributed by atoms with van der Waals surface area (Å²) in [5, 5.41) is 2.85. The van der Waals surface area contributed by atoms with Crippen molar-refractivity contribution in [1.29, 1.82) is 0 Å². The van der Waals surface area contributed by atoms with Crippen molar-refractivity contribution in [2.75, 3.05) is 45.0 Å². The van der Waals surface area contributed by atoms with E-state index in [0.29, 0.717) is 43.5 Å². The number of carbonyl (C=O) groups is 1. The monoisotopic (exact) mass is 420 g/mol. The van der Waals surface area contributed by atoms with Crippen molar-refractivity contribution in [3.8, 4) is 11.5 Å². The van der Waals surface area contributed by atoms with E-state index in [-0.39, 0.29) is 17.0 Å².